The van der Waals surface area contributed by atoms with Crippen LogP contribution in [0, 0.1) is 5.41 Å². The molecule has 1 atom stereocenters. The van der Waals surface area contributed by atoms with E-state index in [0.29, 0.717) is 5.92 Å². The lowest BCUT2D eigenvalue weighted by atomic mass is 9.93. The van der Waals surface area contributed by atoms with Gasteiger partial charge in [0.15, 0.2) is 0 Å². The van der Waals surface area contributed by atoms with E-state index in [1.54, 1.807) is 0 Å². The van der Waals surface area contributed by atoms with Gasteiger partial charge in [-0.3, -0.25) is 0 Å². The Morgan fingerprint density at radius 2 is 1.87 bits per heavy atom. The minimum Gasteiger partial charge on any atom is -0.321 e. The second kappa shape index (κ2) is 3.08. The number of hydrogen-bond acceptors (Lipinski definition) is 1. The maximum absolute atomic E-state index is 6.41. The minimum absolute atomic E-state index is 0.0854. The quantitative estimate of drug-likeness (QED) is 0.783. The van der Waals surface area contributed by atoms with Gasteiger partial charge in [-0.1, -0.05) is 52.0 Å². The molecule has 1 saturated carbocycles. The fraction of sp³-hybridized carbons (Fsp3) is 0.571. The minimum atomic E-state index is -0.0854. The van der Waals surface area contributed by atoms with E-state index in [1.807, 2.05) is 0 Å². The lowest BCUT2D eigenvalue weighted by Gasteiger charge is -2.17. The maximum Gasteiger partial charge on any atom is 0.0468 e. The molecule has 1 aliphatic rings. The van der Waals surface area contributed by atoms with Crippen LogP contribution in [-0.2, 0) is 5.54 Å². The SMILES string of the molecule is CC(C)c1cccc(C2(N)CC2(C)C)c1. The summed E-state index contributed by atoms with van der Waals surface area (Å²) in [7, 11) is 0. The molecule has 1 nitrogen and oxygen atoms in total. The van der Waals surface area contributed by atoms with Crippen molar-refractivity contribution in [2.75, 3.05) is 0 Å². The predicted octanol–water partition coefficient (Wildman–Crippen LogP) is 3.39. The molecular weight excluding hydrogens is 182 g/mol. The van der Waals surface area contributed by atoms with Gasteiger partial charge in [0.1, 0.15) is 0 Å². The first-order valence-corrected chi connectivity index (χ1v) is 5.76. The molecule has 1 fully saturated rings. The summed E-state index contributed by atoms with van der Waals surface area (Å²) < 4.78 is 0. The zero-order valence-electron chi connectivity index (χ0n) is 10.2. The number of hydrogen-bond donors (Lipinski definition) is 1. The highest BCUT2D eigenvalue weighted by molar-refractivity contribution is 5.38. The molecule has 1 unspecified atom stereocenters. The van der Waals surface area contributed by atoms with Gasteiger partial charge in [-0.2, -0.15) is 0 Å². The molecule has 1 heteroatoms. The van der Waals surface area contributed by atoms with Gasteiger partial charge >= 0.3 is 0 Å². The van der Waals surface area contributed by atoms with Crippen molar-refractivity contribution in [1.82, 2.24) is 0 Å². The molecule has 1 aromatic carbocycles. The van der Waals surface area contributed by atoms with Crippen molar-refractivity contribution in [1.29, 1.82) is 0 Å². The van der Waals surface area contributed by atoms with Gasteiger partial charge in [-0.25, -0.2) is 0 Å². The van der Waals surface area contributed by atoms with Gasteiger partial charge in [0.05, 0.1) is 0 Å². The van der Waals surface area contributed by atoms with Gasteiger partial charge in [-0.15, -0.1) is 0 Å². The van der Waals surface area contributed by atoms with E-state index < -0.39 is 0 Å². The summed E-state index contributed by atoms with van der Waals surface area (Å²) in [5, 5.41) is 0. The predicted molar refractivity (Wildman–Crippen MR) is 64.8 cm³/mol. The van der Waals surface area contributed by atoms with Crippen LogP contribution in [0.25, 0.3) is 0 Å². The Bertz CT molecular complexity index is 379. The van der Waals surface area contributed by atoms with Gasteiger partial charge in [0, 0.05) is 5.54 Å². The van der Waals surface area contributed by atoms with Crippen LogP contribution >= 0.6 is 0 Å². The number of nitrogens with two attached hydrogens (primary N) is 1. The number of rotatable bonds is 2. The van der Waals surface area contributed by atoms with Crippen LogP contribution in [0.15, 0.2) is 24.3 Å². The van der Waals surface area contributed by atoms with Crippen LogP contribution in [0.4, 0.5) is 0 Å². The van der Waals surface area contributed by atoms with Gasteiger partial charge < -0.3 is 5.73 Å². The van der Waals surface area contributed by atoms with E-state index in [-0.39, 0.29) is 11.0 Å². The van der Waals surface area contributed by atoms with E-state index in [9.17, 15) is 0 Å². The average molecular weight is 203 g/mol. The second-order valence-electron chi connectivity index (χ2n) is 5.81. The van der Waals surface area contributed by atoms with Crippen LogP contribution in [0.2, 0.25) is 0 Å². The third kappa shape index (κ3) is 1.59. The first-order valence-electron chi connectivity index (χ1n) is 5.76. The summed E-state index contributed by atoms with van der Waals surface area (Å²) >= 11 is 0. The molecule has 82 valence electrons. The zero-order chi connectivity index (χ0) is 11.3. The monoisotopic (exact) mass is 203 g/mol. The van der Waals surface area contributed by atoms with Crippen molar-refractivity contribution in [3.05, 3.63) is 35.4 Å². The standard InChI is InChI=1S/C14H21N/c1-10(2)11-6-5-7-12(8-11)14(15)9-13(14,3)4/h5-8,10H,9,15H2,1-4H3. The molecule has 0 radical (unpaired) electrons. The normalized spacial score (nSPS) is 28.1. The van der Waals surface area contributed by atoms with Crippen LogP contribution in [0.1, 0.15) is 51.2 Å². The Labute approximate surface area is 92.7 Å². The fourth-order valence-electron chi connectivity index (χ4n) is 2.32. The first-order chi connectivity index (χ1) is 6.87. The van der Waals surface area contributed by atoms with Crippen molar-refractivity contribution < 1.29 is 0 Å². The van der Waals surface area contributed by atoms with Crippen molar-refractivity contribution in [3.8, 4) is 0 Å². The summed E-state index contributed by atoms with van der Waals surface area (Å²) in [5.74, 6) is 0.579. The second-order valence-corrected chi connectivity index (χ2v) is 5.81. The summed E-state index contributed by atoms with van der Waals surface area (Å²) in [4.78, 5) is 0. The van der Waals surface area contributed by atoms with Crippen LogP contribution in [0.3, 0.4) is 0 Å². The Hall–Kier alpha value is -0.820. The molecule has 2 N–H and O–H groups in total. The molecule has 0 aromatic heterocycles. The van der Waals surface area contributed by atoms with Gasteiger partial charge in [0.25, 0.3) is 0 Å². The molecule has 0 amide bonds. The summed E-state index contributed by atoms with van der Waals surface area (Å²) in [6.07, 6.45) is 1.10. The smallest absolute Gasteiger partial charge is 0.0468 e. The number of benzene rings is 1. The highest BCUT2D eigenvalue weighted by Gasteiger charge is 2.59. The van der Waals surface area contributed by atoms with Crippen molar-refractivity contribution >= 4 is 0 Å². The molecule has 1 aromatic rings. The van der Waals surface area contributed by atoms with Crippen molar-refractivity contribution in [3.63, 3.8) is 0 Å². The van der Waals surface area contributed by atoms with Crippen LogP contribution in [-0.4, -0.2) is 0 Å². The first kappa shape index (κ1) is 10.7. The molecule has 0 heterocycles. The highest BCUT2D eigenvalue weighted by Crippen LogP contribution is 2.60. The molecule has 2 rings (SSSR count). The third-order valence-corrected chi connectivity index (χ3v) is 3.87. The van der Waals surface area contributed by atoms with E-state index >= 15 is 0 Å². The van der Waals surface area contributed by atoms with Crippen LogP contribution < -0.4 is 5.73 Å². The molecule has 1 aliphatic carbocycles. The fourth-order valence-corrected chi connectivity index (χ4v) is 2.32. The topological polar surface area (TPSA) is 26.0 Å². The Morgan fingerprint density at radius 1 is 1.27 bits per heavy atom. The summed E-state index contributed by atoms with van der Waals surface area (Å²) in [6, 6.07) is 8.76. The summed E-state index contributed by atoms with van der Waals surface area (Å²) in [5.41, 5.74) is 9.29. The molecule has 0 aliphatic heterocycles. The molecule has 15 heavy (non-hydrogen) atoms. The molecular formula is C14H21N. The van der Waals surface area contributed by atoms with E-state index in [4.69, 9.17) is 5.73 Å². The van der Waals surface area contributed by atoms with E-state index in [1.165, 1.54) is 11.1 Å². The Balaban J connectivity index is 2.35. The molecule has 0 spiro atoms. The van der Waals surface area contributed by atoms with Gasteiger partial charge in [-0.05, 0) is 28.9 Å². The Morgan fingerprint density at radius 3 is 2.33 bits per heavy atom. The molecule has 0 bridgehead atoms. The third-order valence-electron chi connectivity index (χ3n) is 3.87. The lowest BCUT2D eigenvalue weighted by Crippen LogP contribution is -2.25. The van der Waals surface area contributed by atoms with Gasteiger partial charge in [0.2, 0.25) is 0 Å². The van der Waals surface area contributed by atoms with Crippen LogP contribution in [0.5, 0.6) is 0 Å². The highest BCUT2D eigenvalue weighted by atomic mass is 14.9. The van der Waals surface area contributed by atoms with Crippen molar-refractivity contribution in [2.45, 2.75) is 45.6 Å². The van der Waals surface area contributed by atoms with Crippen molar-refractivity contribution in [2.24, 2.45) is 11.1 Å². The average Bonchev–Trinajstić information content (AvgIpc) is 2.68. The zero-order valence-corrected chi connectivity index (χ0v) is 10.2. The molecule has 0 saturated heterocycles. The van der Waals surface area contributed by atoms with E-state index in [0.717, 1.165) is 6.42 Å². The summed E-state index contributed by atoms with van der Waals surface area (Å²) in [6.45, 7) is 8.94. The lowest BCUT2D eigenvalue weighted by molar-refractivity contribution is 0.509. The maximum atomic E-state index is 6.41. The van der Waals surface area contributed by atoms with E-state index in [2.05, 4.69) is 52.0 Å². The largest absolute Gasteiger partial charge is 0.321 e. The Kier molecular flexibility index (Phi) is 2.20.